The normalized spacial score (nSPS) is 18.7. The molecule has 4 rings (SSSR count). The quantitative estimate of drug-likeness (QED) is 0.781. The predicted octanol–water partition coefficient (Wildman–Crippen LogP) is 3.98. The van der Waals surface area contributed by atoms with Crippen molar-refractivity contribution in [3.63, 3.8) is 0 Å². The SMILES string of the molecule is O=c1[nH]c(CN2CCCC2c2cccs2)nc2cc(Cl)ccc12. The minimum absolute atomic E-state index is 0.103. The Morgan fingerprint density at radius 2 is 2.30 bits per heavy atom. The molecular formula is C17H16ClN3OS. The maximum absolute atomic E-state index is 12.2. The third-order valence-electron chi connectivity index (χ3n) is 4.31. The zero-order valence-electron chi connectivity index (χ0n) is 12.5. The van der Waals surface area contributed by atoms with Crippen LogP contribution in [0.1, 0.15) is 29.6 Å². The van der Waals surface area contributed by atoms with Gasteiger partial charge >= 0.3 is 0 Å². The Labute approximate surface area is 142 Å². The van der Waals surface area contributed by atoms with Gasteiger partial charge in [0.25, 0.3) is 5.56 Å². The van der Waals surface area contributed by atoms with Crippen molar-refractivity contribution in [2.75, 3.05) is 6.54 Å². The molecule has 1 aliphatic rings. The highest BCUT2D eigenvalue weighted by Crippen LogP contribution is 2.35. The van der Waals surface area contributed by atoms with E-state index in [9.17, 15) is 4.79 Å². The molecule has 0 aliphatic carbocycles. The topological polar surface area (TPSA) is 49.0 Å². The number of likely N-dealkylation sites (tertiary alicyclic amines) is 1. The minimum Gasteiger partial charge on any atom is -0.309 e. The number of aromatic amines is 1. The Morgan fingerprint density at radius 3 is 3.13 bits per heavy atom. The lowest BCUT2D eigenvalue weighted by atomic mass is 10.2. The lowest BCUT2D eigenvalue weighted by Gasteiger charge is -2.22. The number of hydrogen-bond acceptors (Lipinski definition) is 4. The molecule has 0 bridgehead atoms. The number of rotatable bonds is 3. The van der Waals surface area contributed by atoms with Crippen LogP contribution in [0.4, 0.5) is 0 Å². The molecule has 4 nitrogen and oxygen atoms in total. The summed E-state index contributed by atoms with van der Waals surface area (Å²) in [5.74, 6) is 0.702. The fraction of sp³-hybridized carbons (Fsp3) is 0.294. The first-order valence-corrected chi connectivity index (χ1v) is 8.92. The number of halogens is 1. The first kappa shape index (κ1) is 14.9. The van der Waals surface area contributed by atoms with Crippen molar-refractivity contribution in [3.05, 3.63) is 61.8 Å². The van der Waals surface area contributed by atoms with E-state index in [2.05, 4.69) is 32.4 Å². The fourth-order valence-corrected chi connectivity index (χ4v) is 4.31. The van der Waals surface area contributed by atoms with E-state index >= 15 is 0 Å². The standard InChI is InChI=1S/C17H16ClN3OS/c18-11-5-6-12-13(9-11)19-16(20-17(12)22)10-21-7-1-3-14(21)15-4-2-8-23-15/h2,4-6,8-9,14H,1,3,7,10H2,(H,19,20,22). The van der Waals surface area contributed by atoms with E-state index in [-0.39, 0.29) is 5.56 Å². The van der Waals surface area contributed by atoms with Crippen LogP contribution >= 0.6 is 22.9 Å². The monoisotopic (exact) mass is 345 g/mol. The zero-order valence-corrected chi connectivity index (χ0v) is 14.0. The maximum atomic E-state index is 12.2. The Kier molecular flexibility index (Phi) is 3.93. The summed E-state index contributed by atoms with van der Waals surface area (Å²) in [5.41, 5.74) is 0.552. The van der Waals surface area contributed by atoms with Gasteiger partial charge in [0.05, 0.1) is 17.4 Å². The molecule has 0 spiro atoms. The van der Waals surface area contributed by atoms with Crippen molar-refractivity contribution in [3.8, 4) is 0 Å². The molecule has 0 saturated carbocycles. The van der Waals surface area contributed by atoms with Crippen molar-refractivity contribution in [1.82, 2.24) is 14.9 Å². The van der Waals surface area contributed by atoms with Gasteiger partial charge in [-0.15, -0.1) is 11.3 Å². The summed E-state index contributed by atoms with van der Waals surface area (Å²) in [6.07, 6.45) is 2.33. The predicted molar refractivity (Wildman–Crippen MR) is 94.1 cm³/mol. The second-order valence-corrected chi connectivity index (χ2v) is 7.23. The van der Waals surface area contributed by atoms with Gasteiger partial charge in [0.15, 0.2) is 0 Å². The van der Waals surface area contributed by atoms with Crippen LogP contribution in [0.15, 0.2) is 40.5 Å². The summed E-state index contributed by atoms with van der Waals surface area (Å²) in [5, 5.41) is 3.29. The van der Waals surface area contributed by atoms with Crippen LogP contribution in [-0.4, -0.2) is 21.4 Å². The summed E-state index contributed by atoms with van der Waals surface area (Å²) in [6.45, 7) is 1.68. The number of aromatic nitrogens is 2. The molecular weight excluding hydrogens is 330 g/mol. The van der Waals surface area contributed by atoms with Gasteiger partial charge in [-0.1, -0.05) is 17.7 Å². The second-order valence-electron chi connectivity index (χ2n) is 5.82. The van der Waals surface area contributed by atoms with E-state index in [0.717, 1.165) is 13.0 Å². The van der Waals surface area contributed by atoms with E-state index < -0.39 is 0 Å². The highest BCUT2D eigenvalue weighted by atomic mass is 35.5. The fourth-order valence-electron chi connectivity index (χ4n) is 3.25. The van der Waals surface area contributed by atoms with Gasteiger partial charge in [0.1, 0.15) is 5.82 Å². The van der Waals surface area contributed by atoms with E-state index in [1.54, 1.807) is 29.5 Å². The van der Waals surface area contributed by atoms with E-state index in [1.165, 1.54) is 11.3 Å². The van der Waals surface area contributed by atoms with Crippen LogP contribution in [-0.2, 0) is 6.54 Å². The molecule has 1 unspecified atom stereocenters. The Morgan fingerprint density at radius 1 is 1.39 bits per heavy atom. The van der Waals surface area contributed by atoms with Crippen molar-refractivity contribution < 1.29 is 0 Å². The first-order valence-electron chi connectivity index (χ1n) is 7.66. The zero-order chi connectivity index (χ0) is 15.8. The van der Waals surface area contributed by atoms with Crippen molar-refractivity contribution >= 4 is 33.8 Å². The third kappa shape index (κ3) is 2.92. The number of benzene rings is 1. The van der Waals surface area contributed by atoms with Crippen molar-refractivity contribution in [1.29, 1.82) is 0 Å². The van der Waals surface area contributed by atoms with Crippen molar-refractivity contribution in [2.45, 2.75) is 25.4 Å². The first-order chi connectivity index (χ1) is 11.2. The van der Waals surface area contributed by atoms with Gasteiger partial charge in [0, 0.05) is 15.9 Å². The van der Waals surface area contributed by atoms with E-state index in [4.69, 9.17) is 11.6 Å². The van der Waals surface area contributed by atoms with Crippen LogP contribution in [0.25, 0.3) is 10.9 Å². The lowest BCUT2D eigenvalue weighted by Crippen LogP contribution is -2.25. The Balaban J connectivity index is 1.66. The van der Waals surface area contributed by atoms with Crippen molar-refractivity contribution in [2.24, 2.45) is 0 Å². The number of nitrogens with zero attached hydrogens (tertiary/aromatic N) is 2. The summed E-state index contributed by atoms with van der Waals surface area (Å²) >= 11 is 7.81. The average Bonchev–Trinajstić information content (AvgIpc) is 3.17. The molecule has 118 valence electrons. The van der Waals surface area contributed by atoms with Gasteiger partial charge in [-0.25, -0.2) is 4.98 Å². The van der Waals surface area contributed by atoms with Gasteiger partial charge < -0.3 is 4.98 Å². The van der Waals surface area contributed by atoms with E-state index in [1.807, 2.05) is 0 Å². The molecule has 1 saturated heterocycles. The van der Waals surface area contributed by atoms with Crippen LogP contribution in [0.3, 0.4) is 0 Å². The minimum atomic E-state index is -0.103. The molecule has 6 heteroatoms. The summed E-state index contributed by atoms with van der Waals surface area (Å²) in [4.78, 5) is 23.5. The molecule has 1 fully saturated rings. The lowest BCUT2D eigenvalue weighted by molar-refractivity contribution is 0.245. The number of hydrogen-bond donors (Lipinski definition) is 1. The third-order valence-corrected chi connectivity index (χ3v) is 5.51. The average molecular weight is 346 g/mol. The number of thiophene rings is 1. The maximum Gasteiger partial charge on any atom is 0.258 e. The Hall–Kier alpha value is -1.69. The molecule has 23 heavy (non-hydrogen) atoms. The van der Waals surface area contributed by atoms with Gasteiger partial charge in [-0.05, 0) is 49.0 Å². The summed E-state index contributed by atoms with van der Waals surface area (Å²) < 4.78 is 0. The highest BCUT2D eigenvalue weighted by molar-refractivity contribution is 7.10. The molecule has 3 heterocycles. The molecule has 3 aromatic rings. The van der Waals surface area contributed by atoms with Crippen LogP contribution in [0.2, 0.25) is 5.02 Å². The number of fused-ring (bicyclic) bond motifs is 1. The molecule has 0 amide bonds. The molecule has 1 aliphatic heterocycles. The largest absolute Gasteiger partial charge is 0.309 e. The molecule has 1 atom stereocenters. The van der Waals surface area contributed by atoms with Crippen LogP contribution in [0.5, 0.6) is 0 Å². The summed E-state index contributed by atoms with van der Waals surface area (Å²) in [6, 6.07) is 9.88. The molecule has 0 radical (unpaired) electrons. The van der Waals surface area contributed by atoms with E-state index in [0.29, 0.717) is 34.3 Å². The molecule has 1 N–H and O–H groups in total. The molecule has 2 aromatic heterocycles. The smallest absolute Gasteiger partial charge is 0.258 e. The molecule has 1 aromatic carbocycles. The van der Waals surface area contributed by atoms with Gasteiger partial charge in [-0.3, -0.25) is 9.69 Å². The van der Waals surface area contributed by atoms with Gasteiger partial charge in [-0.2, -0.15) is 0 Å². The van der Waals surface area contributed by atoms with Crippen LogP contribution < -0.4 is 5.56 Å². The highest BCUT2D eigenvalue weighted by Gasteiger charge is 2.27. The summed E-state index contributed by atoms with van der Waals surface area (Å²) in [7, 11) is 0. The Bertz CT molecular complexity index is 890. The number of H-pyrrole nitrogens is 1. The number of nitrogens with one attached hydrogen (secondary N) is 1. The van der Waals surface area contributed by atoms with Crippen LogP contribution in [0, 0.1) is 0 Å². The second kappa shape index (κ2) is 6.07. The van der Waals surface area contributed by atoms with Gasteiger partial charge in [0.2, 0.25) is 0 Å².